The van der Waals surface area contributed by atoms with E-state index in [9.17, 15) is 19.2 Å². The molecule has 0 saturated carbocycles. The minimum atomic E-state index is -0.665. The van der Waals surface area contributed by atoms with Gasteiger partial charge in [-0.25, -0.2) is 4.79 Å². The lowest BCUT2D eigenvalue weighted by atomic mass is 10.1. The summed E-state index contributed by atoms with van der Waals surface area (Å²) in [4.78, 5) is 55.5. The zero-order valence-electron chi connectivity index (χ0n) is 19.7. The van der Waals surface area contributed by atoms with E-state index in [1.165, 1.54) is 4.57 Å². The summed E-state index contributed by atoms with van der Waals surface area (Å²) >= 11 is 0. The summed E-state index contributed by atoms with van der Waals surface area (Å²) in [6.07, 6.45) is 0. The van der Waals surface area contributed by atoms with Crippen LogP contribution in [0.2, 0.25) is 0 Å². The largest absolute Gasteiger partial charge is 0.384 e. The number of hydrogen-bond acceptors (Lipinski definition) is 6. The van der Waals surface area contributed by atoms with Crippen molar-refractivity contribution in [3.05, 3.63) is 98.2 Å². The summed E-state index contributed by atoms with van der Waals surface area (Å²) in [5, 5.41) is 0. The first-order chi connectivity index (χ1) is 16.9. The van der Waals surface area contributed by atoms with Crippen molar-refractivity contribution < 1.29 is 9.59 Å². The zero-order valence-corrected chi connectivity index (χ0v) is 19.7. The number of amides is 1. The maximum absolute atomic E-state index is 13.2. The Morgan fingerprint density at radius 2 is 1.46 bits per heavy atom. The SMILES string of the molecule is CCn1c(=O)c(C(=O)CN2CCN(C(=O)c3ccccc3)CC2)c(N)n(Cc2ccccc2)c1=O. The molecule has 1 aromatic heterocycles. The molecule has 2 N–H and O–H groups in total. The van der Waals surface area contributed by atoms with Gasteiger partial charge in [0.2, 0.25) is 0 Å². The van der Waals surface area contributed by atoms with Crippen LogP contribution in [0.15, 0.2) is 70.3 Å². The summed E-state index contributed by atoms with van der Waals surface area (Å²) in [6.45, 7) is 3.90. The molecule has 0 bridgehead atoms. The van der Waals surface area contributed by atoms with Crippen LogP contribution in [0.4, 0.5) is 5.82 Å². The molecule has 2 heterocycles. The van der Waals surface area contributed by atoms with E-state index >= 15 is 0 Å². The van der Waals surface area contributed by atoms with Crippen LogP contribution in [0, 0.1) is 0 Å². The highest BCUT2D eigenvalue weighted by atomic mass is 16.2. The number of Topliss-reactive ketones (excluding diaryl/α,β-unsaturated/α-hetero) is 1. The average molecular weight is 476 g/mol. The number of piperazine rings is 1. The molecule has 0 spiro atoms. The van der Waals surface area contributed by atoms with Gasteiger partial charge in [-0.05, 0) is 24.6 Å². The van der Waals surface area contributed by atoms with Crippen LogP contribution >= 0.6 is 0 Å². The van der Waals surface area contributed by atoms with Crippen molar-refractivity contribution in [2.24, 2.45) is 0 Å². The van der Waals surface area contributed by atoms with E-state index in [1.807, 2.05) is 53.4 Å². The second-order valence-corrected chi connectivity index (χ2v) is 8.52. The van der Waals surface area contributed by atoms with E-state index in [0.717, 1.165) is 10.1 Å². The Labute approximate surface area is 203 Å². The third kappa shape index (κ3) is 5.09. The smallest absolute Gasteiger partial charge is 0.332 e. The Kier molecular flexibility index (Phi) is 7.26. The minimum absolute atomic E-state index is 0.0138. The van der Waals surface area contributed by atoms with E-state index in [0.29, 0.717) is 31.7 Å². The van der Waals surface area contributed by atoms with Crippen LogP contribution in [0.3, 0.4) is 0 Å². The highest BCUT2D eigenvalue weighted by Crippen LogP contribution is 2.13. The third-order valence-corrected chi connectivity index (χ3v) is 6.29. The van der Waals surface area contributed by atoms with Crippen LogP contribution in [-0.2, 0) is 13.1 Å². The fourth-order valence-electron chi connectivity index (χ4n) is 4.33. The van der Waals surface area contributed by atoms with E-state index in [4.69, 9.17) is 5.73 Å². The highest BCUT2D eigenvalue weighted by Gasteiger charge is 2.27. The molecule has 1 fully saturated rings. The van der Waals surface area contributed by atoms with Gasteiger partial charge in [0.1, 0.15) is 11.4 Å². The van der Waals surface area contributed by atoms with E-state index in [-0.39, 0.29) is 36.9 Å². The van der Waals surface area contributed by atoms with Gasteiger partial charge in [-0.1, -0.05) is 48.5 Å². The summed E-state index contributed by atoms with van der Waals surface area (Å²) in [5.41, 5.74) is 6.34. The van der Waals surface area contributed by atoms with Gasteiger partial charge in [0, 0.05) is 38.3 Å². The fourth-order valence-corrected chi connectivity index (χ4v) is 4.33. The van der Waals surface area contributed by atoms with E-state index < -0.39 is 17.0 Å². The van der Waals surface area contributed by atoms with Crippen LogP contribution in [0.5, 0.6) is 0 Å². The molecule has 0 aliphatic carbocycles. The lowest BCUT2D eigenvalue weighted by Crippen LogP contribution is -2.51. The van der Waals surface area contributed by atoms with Gasteiger partial charge in [-0.2, -0.15) is 0 Å². The maximum Gasteiger partial charge on any atom is 0.332 e. The van der Waals surface area contributed by atoms with E-state index in [1.54, 1.807) is 24.0 Å². The third-order valence-electron chi connectivity index (χ3n) is 6.29. The number of nitrogen functional groups attached to an aromatic ring is 1. The summed E-state index contributed by atoms with van der Waals surface area (Å²) in [6, 6.07) is 18.3. The molecule has 1 saturated heterocycles. The normalized spacial score (nSPS) is 14.1. The molecule has 2 aromatic carbocycles. The molecule has 0 unspecified atom stereocenters. The molecule has 0 atom stereocenters. The number of benzene rings is 2. The number of carbonyl (C=O) groups excluding carboxylic acids is 2. The van der Waals surface area contributed by atoms with E-state index in [2.05, 4.69) is 0 Å². The summed E-state index contributed by atoms with van der Waals surface area (Å²) < 4.78 is 2.33. The second kappa shape index (κ2) is 10.5. The predicted octanol–water partition coefficient (Wildman–Crippen LogP) is 1.30. The number of aromatic nitrogens is 2. The number of nitrogens with two attached hydrogens (primary N) is 1. The van der Waals surface area contributed by atoms with Gasteiger partial charge in [0.25, 0.3) is 11.5 Å². The first-order valence-corrected chi connectivity index (χ1v) is 11.7. The molecule has 0 radical (unpaired) electrons. The molecule has 1 amide bonds. The van der Waals surface area contributed by atoms with Crippen molar-refractivity contribution in [1.29, 1.82) is 0 Å². The Bertz CT molecular complexity index is 1320. The predicted molar refractivity (Wildman–Crippen MR) is 134 cm³/mol. The second-order valence-electron chi connectivity index (χ2n) is 8.52. The molecule has 4 rings (SSSR count). The van der Waals surface area contributed by atoms with Crippen molar-refractivity contribution in [3.63, 3.8) is 0 Å². The Hall–Kier alpha value is -3.98. The number of ketones is 1. The molecule has 182 valence electrons. The molecule has 1 aliphatic rings. The van der Waals surface area contributed by atoms with Crippen molar-refractivity contribution in [2.75, 3.05) is 38.5 Å². The van der Waals surface area contributed by atoms with Crippen molar-refractivity contribution in [2.45, 2.75) is 20.0 Å². The molecular formula is C26H29N5O4. The fraction of sp³-hybridized carbons (Fsp3) is 0.308. The van der Waals surface area contributed by atoms with Gasteiger partial charge in [-0.15, -0.1) is 0 Å². The van der Waals surface area contributed by atoms with Gasteiger partial charge in [0.05, 0.1) is 13.1 Å². The molecule has 9 heteroatoms. The van der Waals surface area contributed by atoms with Crippen molar-refractivity contribution in [3.8, 4) is 0 Å². The van der Waals surface area contributed by atoms with Gasteiger partial charge < -0.3 is 10.6 Å². The first kappa shape index (κ1) is 24.2. The molecule has 9 nitrogen and oxygen atoms in total. The quantitative estimate of drug-likeness (QED) is 0.516. The van der Waals surface area contributed by atoms with Crippen molar-refractivity contribution >= 4 is 17.5 Å². The monoisotopic (exact) mass is 475 g/mol. The molecular weight excluding hydrogens is 446 g/mol. The Morgan fingerprint density at radius 3 is 2.06 bits per heavy atom. The number of nitrogens with zero attached hydrogens (tertiary/aromatic N) is 4. The lowest BCUT2D eigenvalue weighted by Gasteiger charge is -2.34. The van der Waals surface area contributed by atoms with Crippen LogP contribution in [0.1, 0.15) is 33.2 Å². The molecule has 1 aliphatic heterocycles. The van der Waals surface area contributed by atoms with Crippen molar-refractivity contribution in [1.82, 2.24) is 18.9 Å². The Morgan fingerprint density at radius 1 is 0.857 bits per heavy atom. The summed E-state index contributed by atoms with van der Waals surface area (Å²) in [5.74, 6) is -0.588. The number of anilines is 1. The molecule has 35 heavy (non-hydrogen) atoms. The number of hydrogen-bond donors (Lipinski definition) is 1. The average Bonchev–Trinajstić information content (AvgIpc) is 2.88. The number of rotatable bonds is 7. The van der Waals surface area contributed by atoms with Crippen LogP contribution in [0.25, 0.3) is 0 Å². The maximum atomic E-state index is 13.2. The van der Waals surface area contributed by atoms with Gasteiger partial charge in [-0.3, -0.25) is 28.4 Å². The van der Waals surface area contributed by atoms with Gasteiger partial charge in [0.15, 0.2) is 5.78 Å². The standard InChI is InChI=1S/C26H29N5O4/c1-2-30-25(34)22(23(27)31(26(30)35)17-19-9-5-3-6-10-19)21(32)18-28-13-15-29(16-14-28)24(33)20-11-7-4-8-12-20/h3-12H,2,13-18,27H2,1H3. The number of carbonyl (C=O) groups is 2. The topological polar surface area (TPSA) is 111 Å². The zero-order chi connectivity index (χ0) is 24.9. The Balaban J connectivity index is 1.51. The first-order valence-electron chi connectivity index (χ1n) is 11.7. The summed E-state index contributed by atoms with van der Waals surface area (Å²) in [7, 11) is 0. The lowest BCUT2D eigenvalue weighted by molar-refractivity contribution is 0.0624. The van der Waals surface area contributed by atoms with Crippen LogP contribution in [-0.4, -0.2) is 63.3 Å². The minimum Gasteiger partial charge on any atom is -0.384 e. The molecule has 3 aromatic rings. The highest BCUT2D eigenvalue weighted by molar-refractivity contribution is 6.01. The van der Waals surface area contributed by atoms with Crippen LogP contribution < -0.4 is 17.0 Å². The van der Waals surface area contributed by atoms with Gasteiger partial charge >= 0.3 is 5.69 Å².